The molecular weight excluding hydrogens is 341 g/mol. The van der Waals surface area contributed by atoms with Crippen molar-refractivity contribution in [2.75, 3.05) is 23.3 Å². The molecule has 2 aromatic rings. The Morgan fingerprint density at radius 1 is 1.21 bits per heavy atom. The van der Waals surface area contributed by atoms with Gasteiger partial charge in [-0.1, -0.05) is 29.8 Å². The number of nitrogens with zero attached hydrogens (tertiary/aromatic N) is 1. The van der Waals surface area contributed by atoms with Crippen molar-refractivity contribution in [2.45, 2.75) is 12.6 Å². The summed E-state index contributed by atoms with van der Waals surface area (Å²) in [6.45, 7) is 0.436. The number of hydrogen-bond donors (Lipinski definition) is 1. The molecule has 0 spiro atoms. The molecule has 0 aromatic heterocycles. The van der Waals surface area contributed by atoms with Gasteiger partial charge in [0.05, 0.1) is 22.8 Å². The molecule has 2 aromatic carbocycles. The zero-order chi connectivity index (χ0) is 17.3. The Labute approximate surface area is 142 Å². The van der Waals surface area contributed by atoms with Crippen LogP contribution in [0.3, 0.4) is 0 Å². The molecule has 0 saturated carbocycles. The van der Waals surface area contributed by atoms with Crippen LogP contribution < -0.4 is 10.2 Å². The van der Waals surface area contributed by atoms with E-state index in [9.17, 15) is 18.0 Å². The van der Waals surface area contributed by atoms with Gasteiger partial charge in [-0.25, -0.2) is 0 Å². The SMILES string of the molecule is O=C(CNc1cc(C(F)(F)F)ccc1Cl)N1CCc2ccccc21. The summed E-state index contributed by atoms with van der Waals surface area (Å²) < 4.78 is 38.3. The first-order valence-electron chi connectivity index (χ1n) is 7.35. The van der Waals surface area contributed by atoms with Crippen LogP contribution in [-0.2, 0) is 17.4 Å². The van der Waals surface area contributed by atoms with Gasteiger partial charge in [0.25, 0.3) is 0 Å². The van der Waals surface area contributed by atoms with Crippen molar-refractivity contribution in [2.24, 2.45) is 0 Å². The van der Waals surface area contributed by atoms with Crippen molar-refractivity contribution in [3.8, 4) is 0 Å². The predicted octanol–water partition coefficient (Wildman–Crippen LogP) is 4.36. The van der Waals surface area contributed by atoms with E-state index in [0.29, 0.717) is 6.54 Å². The van der Waals surface area contributed by atoms with Crippen LogP contribution in [0.4, 0.5) is 24.5 Å². The molecule has 24 heavy (non-hydrogen) atoms. The third-order valence-electron chi connectivity index (χ3n) is 3.91. The van der Waals surface area contributed by atoms with Gasteiger partial charge < -0.3 is 10.2 Å². The van der Waals surface area contributed by atoms with Crippen molar-refractivity contribution >= 4 is 28.9 Å². The zero-order valence-electron chi connectivity index (χ0n) is 12.5. The quantitative estimate of drug-likeness (QED) is 0.888. The largest absolute Gasteiger partial charge is 0.416 e. The van der Waals surface area contributed by atoms with Crippen molar-refractivity contribution in [1.82, 2.24) is 0 Å². The summed E-state index contributed by atoms with van der Waals surface area (Å²) in [5.41, 5.74) is 1.21. The van der Waals surface area contributed by atoms with Gasteiger partial charge in [0.15, 0.2) is 0 Å². The number of para-hydroxylation sites is 1. The Morgan fingerprint density at radius 3 is 2.71 bits per heavy atom. The molecule has 1 heterocycles. The monoisotopic (exact) mass is 354 g/mol. The van der Waals surface area contributed by atoms with E-state index in [1.54, 1.807) is 4.90 Å². The number of halogens is 4. The molecule has 0 saturated heterocycles. The highest BCUT2D eigenvalue weighted by Gasteiger charge is 2.31. The van der Waals surface area contributed by atoms with Gasteiger partial charge in [0.1, 0.15) is 0 Å². The predicted molar refractivity (Wildman–Crippen MR) is 87.4 cm³/mol. The highest BCUT2D eigenvalue weighted by molar-refractivity contribution is 6.33. The number of carbonyl (C=O) groups excluding carboxylic acids is 1. The number of hydrogen-bond acceptors (Lipinski definition) is 2. The minimum absolute atomic E-state index is 0.0901. The molecule has 0 unspecified atom stereocenters. The van der Waals surface area contributed by atoms with E-state index in [2.05, 4.69) is 5.32 Å². The first-order chi connectivity index (χ1) is 11.4. The van der Waals surface area contributed by atoms with Gasteiger partial charge in [-0.3, -0.25) is 4.79 Å². The maximum atomic E-state index is 12.8. The van der Waals surface area contributed by atoms with Gasteiger partial charge in [0.2, 0.25) is 5.91 Å². The summed E-state index contributed by atoms with van der Waals surface area (Å²) in [7, 11) is 0. The lowest BCUT2D eigenvalue weighted by Crippen LogP contribution is -2.34. The van der Waals surface area contributed by atoms with Crippen LogP contribution in [0, 0.1) is 0 Å². The second kappa shape index (κ2) is 6.36. The third-order valence-corrected chi connectivity index (χ3v) is 4.24. The van der Waals surface area contributed by atoms with Crippen LogP contribution in [0.25, 0.3) is 0 Å². The fraction of sp³-hybridized carbons (Fsp3) is 0.235. The second-order valence-corrected chi connectivity index (χ2v) is 5.88. The second-order valence-electron chi connectivity index (χ2n) is 5.47. The Bertz CT molecular complexity index is 777. The number of alkyl halides is 3. The lowest BCUT2D eigenvalue weighted by molar-refractivity contribution is -0.137. The lowest BCUT2D eigenvalue weighted by atomic mass is 10.2. The first kappa shape index (κ1) is 16.6. The Hall–Kier alpha value is -2.21. The highest BCUT2D eigenvalue weighted by atomic mass is 35.5. The smallest absolute Gasteiger partial charge is 0.375 e. The van der Waals surface area contributed by atoms with Crippen LogP contribution in [-0.4, -0.2) is 19.0 Å². The fourth-order valence-corrected chi connectivity index (χ4v) is 2.89. The van der Waals surface area contributed by atoms with Crippen molar-refractivity contribution in [3.63, 3.8) is 0 Å². The number of anilines is 2. The molecule has 126 valence electrons. The Balaban J connectivity index is 1.71. The summed E-state index contributed by atoms with van der Waals surface area (Å²) in [4.78, 5) is 14.0. The van der Waals surface area contributed by atoms with Crippen LogP contribution in [0.5, 0.6) is 0 Å². The molecule has 1 amide bonds. The number of benzene rings is 2. The van der Waals surface area contributed by atoms with Crippen LogP contribution >= 0.6 is 11.6 Å². The van der Waals surface area contributed by atoms with E-state index >= 15 is 0 Å². The van der Waals surface area contributed by atoms with E-state index in [1.165, 1.54) is 6.07 Å². The van der Waals surface area contributed by atoms with Crippen LogP contribution in [0.1, 0.15) is 11.1 Å². The number of fused-ring (bicyclic) bond motifs is 1. The van der Waals surface area contributed by atoms with Gasteiger partial charge in [0, 0.05) is 12.2 Å². The van der Waals surface area contributed by atoms with Gasteiger partial charge in [-0.15, -0.1) is 0 Å². The molecule has 1 N–H and O–H groups in total. The minimum Gasteiger partial charge on any atom is -0.375 e. The van der Waals surface area contributed by atoms with E-state index in [4.69, 9.17) is 11.6 Å². The van der Waals surface area contributed by atoms with Gasteiger partial charge in [-0.05, 0) is 36.2 Å². The minimum atomic E-state index is -4.46. The molecule has 1 aliphatic rings. The van der Waals surface area contributed by atoms with Crippen molar-refractivity contribution in [3.05, 3.63) is 58.6 Å². The average molecular weight is 355 g/mol. The normalized spacial score (nSPS) is 13.8. The van der Waals surface area contributed by atoms with E-state index in [-0.39, 0.29) is 23.2 Å². The average Bonchev–Trinajstić information content (AvgIpc) is 2.97. The van der Waals surface area contributed by atoms with Crippen LogP contribution in [0.2, 0.25) is 5.02 Å². The number of carbonyl (C=O) groups is 1. The summed E-state index contributed by atoms with van der Waals surface area (Å²) in [6.07, 6.45) is -3.69. The molecule has 0 fully saturated rings. The molecule has 3 rings (SSSR count). The highest BCUT2D eigenvalue weighted by Crippen LogP contribution is 2.34. The van der Waals surface area contributed by atoms with E-state index in [0.717, 1.165) is 29.8 Å². The molecule has 1 aliphatic heterocycles. The summed E-state index contributed by atoms with van der Waals surface area (Å²) in [5, 5.41) is 2.85. The Kier molecular flexibility index (Phi) is 4.41. The zero-order valence-corrected chi connectivity index (χ0v) is 13.3. The van der Waals surface area contributed by atoms with Gasteiger partial charge >= 0.3 is 6.18 Å². The van der Waals surface area contributed by atoms with Crippen molar-refractivity contribution < 1.29 is 18.0 Å². The maximum absolute atomic E-state index is 12.8. The molecule has 0 radical (unpaired) electrons. The molecule has 0 atom stereocenters. The number of nitrogens with one attached hydrogen (secondary N) is 1. The number of amides is 1. The molecule has 3 nitrogen and oxygen atoms in total. The summed E-state index contributed by atoms with van der Waals surface area (Å²) in [5.74, 6) is -0.214. The molecule has 0 aliphatic carbocycles. The first-order valence-corrected chi connectivity index (χ1v) is 7.73. The lowest BCUT2D eigenvalue weighted by Gasteiger charge is -2.18. The third kappa shape index (κ3) is 3.33. The maximum Gasteiger partial charge on any atom is 0.416 e. The molecular formula is C17H14ClF3N2O. The molecule has 7 heteroatoms. The summed E-state index contributed by atoms with van der Waals surface area (Å²) in [6, 6.07) is 10.6. The van der Waals surface area contributed by atoms with Crippen molar-refractivity contribution in [1.29, 1.82) is 0 Å². The van der Waals surface area contributed by atoms with Crippen LogP contribution in [0.15, 0.2) is 42.5 Å². The number of rotatable bonds is 3. The fourth-order valence-electron chi connectivity index (χ4n) is 2.70. The summed E-state index contributed by atoms with van der Waals surface area (Å²) >= 11 is 5.92. The van der Waals surface area contributed by atoms with Gasteiger partial charge in [-0.2, -0.15) is 13.2 Å². The standard InChI is InChI=1S/C17H14ClF3N2O/c18-13-6-5-12(17(19,20)21)9-14(13)22-10-16(24)23-8-7-11-3-1-2-4-15(11)23/h1-6,9,22H,7-8,10H2. The Morgan fingerprint density at radius 2 is 1.96 bits per heavy atom. The molecule has 0 bridgehead atoms. The van der Waals surface area contributed by atoms with E-state index < -0.39 is 11.7 Å². The topological polar surface area (TPSA) is 32.3 Å². The van der Waals surface area contributed by atoms with E-state index in [1.807, 2.05) is 24.3 Å².